The van der Waals surface area contributed by atoms with Crippen LogP contribution in [0.25, 0.3) is 0 Å². The largest absolute Gasteiger partial charge is 0.481 e. The molecule has 1 fully saturated rings. The van der Waals surface area contributed by atoms with E-state index in [1.807, 2.05) is 12.3 Å². The first-order chi connectivity index (χ1) is 9.99. The zero-order valence-corrected chi connectivity index (χ0v) is 13.7. The van der Waals surface area contributed by atoms with Crippen LogP contribution in [0.1, 0.15) is 42.8 Å². The summed E-state index contributed by atoms with van der Waals surface area (Å²) in [6.45, 7) is 1.98. The smallest absolute Gasteiger partial charge is 0.305 e. The molecule has 0 bridgehead atoms. The molecule has 21 heavy (non-hydrogen) atoms. The number of nitrogens with one attached hydrogen (secondary N) is 1. The number of rotatable bonds is 8. The number of carboxylic acid groups (broad SMARTS) is 1. The van der Waals surface area contributed by atoms with Crippen molar-refractivity contribution in [1.29, 1.82) is 0 Å². The molecule has 2 N–H and O–H groups in total. The molecule has 0 atom stereocenters. The van der Waals surface area contributed by atoms with Crippen molar-refractivity contribution in [2.24, 2.45) is 0 Å². The van der Waals surface area contributed by atoms with Crippen LogP contribution in [0.3, 0.4) is 0 Å². The molecule has 1 saturated carbocycles. The molecule has 1 aromatic rings. The molecule has 5 nitrogen and oxygen atoms in total. The fourth-order valence-corrected chi connectivity index (χ4v) is 3.96. The van der Waals surface area contributed by atoms with Gasteiger partial charge in [-0.2, -0.15) is 11.8 Å². The van der Waals surface area contributed by atoms with E-state index in [-0.39, 0.29) is 12.3 Å². The lowest BCUT2D eigenvalue weighted by Gasteiger charge is -2.41. The van der Waals surface area contributed by atoms with E-state index in [0.717, 1.165) is 41.5 Å². The molecule has 0 radical (unpaired) electrons. The Morgan fingerprint density at radius 1 is 1.52 bits per heavy atom. The Morgan fingerprint density at radius 2 is 2.29 bits per heavy atom. The van der Waals surface area contributed by atoms with E-state index in [9.17, 15) is 9.59 Å². The molecule has 1 aliphatic carbocycles. The number of hydrogen-bond donors (Lipinski definition) is 2. The first-order valence-electron chi connectivity index (χ1n) is 7.01. The Balaban J connectivity index is 1.66. The molecule has 1 heterocycles. The van der Waals surface area contributed by atoms with E-state index in [4.69, 9.17) is 5.11 Å². The molecular formula is C14H20N2O3S2. The van der Waals surface area contributed by atoms with Gasteiger partial charge in [-0.25, -0.2) is 4.98 Å². The number of carbonyl (C=O) groups is 2. The number of thiazole rings is 1. The number of hydrogen-bond acceptors (Lipinski definition) is 5. The summed E-state index contributed by atoms with van der Waals surface area (Å²) in [5.41, 5.74) is 0.573. The van der Waals surface area contributed by atoms with Crippen molar-refractivity contribution in [3.63, 3.8) is 0 Å². The van der Waals surface area contributed by atoms with Crippen LogP contribution in [0.2, 0.25) is 0 Å². The fourth-order valence-electron chi connectivity index (χ4n) is 2.41. The van der Waals surface area contributed by atoms with E-state index in [1.54, 1.807) is 23.1 Å². The monoisotopic (exact) mass is 328 g/mol. The van der Waals surface area contributed by atoms with Crippen molar-refractivity contribution in [3.8, 4) is 0 Å². The quantitative estimate of drug-likeness (QED) is 0.717. The van der Waals surface area contributed by atoms with Crippen LogP contribution >= 0.6 is 23.1 Å². The normalized spacial score (nSPS) is 16.2. The highest BCUT2D eigenvalue weighted by molar-refractivity contribution is 7.98. The van der Waals surface area contributed by atoms with Gasteiger partial charge in [-0.05, 0) is 26.2 Å². The third-order valence-electron chi connectivity index (χ3n) is 3.59. The molecule has 2 rings (SSSR count). The minimum atomic E-state index is -0.844. The molecule has 7 heteroatoms. The molecule has 0 aromatic carbocycles. The summed E-state index contributed by atoms with van der Waals surface area (Å²) in [5.74, 6) is 0.657. The zero-order chi connectivity index (χ0) is 15.3. The first-order valence-corrected chi connectivity index (χ1v) is 9.04. The van der Waals surface area contributed by atoms with Crippen LogP contribution in [0.15, 0.2) is 5.38 Å². The molecule has 0 spiro atoms. The number of carbonyl (C=O) groups excluding carboxylic acids is 1. The number of aromatic nitrogens is 1. The molecule has 0 saturated heterocycles. The van der Waals surface area contributed by atoms with Gasteiger partial charge in [0.25, 0.3) is 0 Å². The van der Waals surface area contributed by atoms with Gasteiger partial charge in [-0.3, -0.25) is 9.59 Å². The molecule has 1 aliphatic rings. The van der Waals surface area contributed by atoms with Crippen molar-refractivity contribution in [2.75, 3.05) is 5.75 Å². The fraction of sp³-hybridized carbons (Fsp3) is 0.643. The lowest BCUT2D eigenvalue weighted by atomic mass is 9.74. The van der Waals surface area contributed by atoms with Crippen molar-refractivity contribution < 1.29 is 14.7 Å². The average molecular weight is 328 g/mol. The van der Waals surface area contributed by atoms with Gasteiger partial charge in [0, 0.05) is 23.3 Å². The Kier molecular flexibility index (Phi) is 5.64. The van der Waals surface area contributed by atoms with Gasteiger partial charge in [-0.1, -0.05) is 0 Å². The van der Waals surface area contributed by atoms with Gasteiger partial charge < -0.3 is 10.4 Å². The standard InChI is InChI=1S/C14H20N2O3S2/c1-10-15-11(9-21-10)8-20-6-3-12(17)16-14(4-2-5-14)7-13(18)19/h9H,2-8H2,1H3,(H,16,17)(H,18,19). The second-order valence-electron chi connectivity index (χ2n) is 5.41. The first kappa shape index (κ1) is 16.3. The summed E-state index contributed by atoms with van der Waals surface area (Å²) < 4.78 is 0. The summed E-state index contributed by atoms with van der Waals surface area (Å²) >= 11 is 3.31. The van der Waals surface area contributed by atoms with E-state index in [0.29, 0.717) is 6.42 Å². The SMILES string of the molecule is Cc1nc(CSCCC(=O)NC2(CC(=O)O)CCC2)cs1. The summed E-state index contributed by atoms with van der Waals surface area (Å²) in [7, 11) is 0. The summed E-state index contributed by atoms with van der Waals surface area (Å²) in [6.07, 6.45) is 3.00. The Hall–Kier alpha value is -1.08. The third kappa shape index (κ3) is 5.00. The van der Waals surface area contributed by atoms with E-state index < -0.39 is 11.5 Å². The van der Waals surface area contributed by atoms with Crippen LogP contribution in [0, 0.1) is 6.92 Å². The molecule has 1 amide bonds. The lowest BCUT2D eigenvalue weighted by molar-refractivity contribution is -0.140. The van der Waals surface area contributed by atoms with Crippen LogP contribution in [0.4, 0.5) is 0 Å². The van der Waals surface area contributed by atoms with Crippen LogP contribution in [0.5, 0.6) is 0 Å². The van der Waals surface area contributed by atoms with Crippen LogP contribution in [-0.2, 0) is 15.3 Å². The zero-order valence-electron chi connectivity index (χ0n) is 12.1. The molecular weight excluding hydrogens is 308 g/mol. The predicted octanol–water partition coefficient (Wildman–Crippen LogP) is 2.59. The van der Waals surface area contributed by atoms with Gasteiger partial charge in [0.15, 0.2) is 0 Å². The van der Waals surface area contributed by atoms with Crippen molar-refractivity contribution >= 4 is 35.0 Å². The number of carboxylic acids is 1. The number of aryl methyl sites for hydroxylation is 1. The second kappa shape index (κ2) is 7.26. The molecule has 0 unspecified atom stereocenters. The minimum absolute atomic E-state index is 0.0317. The van der Waals surface area contributed by atoms with E-state index in [2.05, 4.69) is 10.3 Å². The van der Waals surface area contributed by atoms with E-state index >= 15 is 0 Å². The Bertz CT molecular complexity index is 512. The number of nitrogens with zero attached hydrogens (tertiary/aromatic N) is 1. The minimum Gasteiger partial charge on any atom is -0.481 e. The average Bonchev–Trinajstić information content (AvgIpc) is 2.77. The van der Waals surface area contributed by atoms with Gasteiger partial charge in [0.05, 0.1) is 22.7 Å². The third-order valence-corrected chi connectivity index (χ3v) is 5.41. The predicted molar refractivity (Wildman–Crippen MR) is 84.6 cm³/mol. The molecule has 1 aromatic heterocycles. The number of thioether (sulfide) groups is 1. The van der Waals surface area contributed by atoms with Crippen LogP contribution < -0.4 is 5.32 Å². The molecule has 0 aliphatic heterocycles. The number of aliphatic carboxylic acids is 1. The summed E-state index contributed by atoms with van der Waals surface area (Å²) in [6, 6.07) is 0. The second-order valence-corrected chi connectivity index (χ2v) is 7.58. The van der Waals surface area contributed by atoms with Crippen LogP contribution in [-0.4, -0.2) is 33.3 Å². The van der Waals surface area contributed by atoms with Crippen molar-refractivity contribution in [2.45, 2.75) is 50.3 Å². The maximum Gasteiger partial charge on any atom is 0.305 e. The van der Waals surface area contributed by atoms with Gasteiger partial charge in [-0.15, -0.1) is 11.3 Å². The highest BCUT2D eigenvalue weighted by Gasteiger charge is 2.40. The van der Waals surface area contributed by atoms with Crippen molar-refractivity contribution in [1.82, 2.24) is 10.3 Å². The Labute approximate surface area is 132 Å². The summed E-state index contributed by atoms with van der Waals surface area (Å²) in [5, 5.41) is 14.9. The summed E-state index contributed by atoms with van der Waals surface area (Å²) in [4.78, 5) is 27.1. The maximum absolute atomic E-state index is 11.9. The van der Waals surface area contributed by atoms with Gasteiger partial charge in [0.2, 0.25) is 5.91 Å². The van der Waals surface area contributed by atoms with Crippen molar-refractivity contribution in [3.05, 3.63) is 16.1 Å². The van der Waals surface area contributed by atoms with Gasteiger partial charge >= 0.3 is 5.97 Å². The maximum atomic E-state index is 11.9. The number of amides is 1. The Morgan fingerprint density at radius 3 is 2.81 bits per heavy atom. The van der Waals surface area contributed by atoms with E-state index in [1.165, 1.54) is 0 Å². The molecule has 116 valence electrons. The van der Waals surface area contributed by atoms with Gasteiger partial charge in [0.1, 0.15) is 0 Å². The highest BCUT2D eigenvalue weighted by Crippen LogP contribution is 2.35. The highest BCUT2D eigenvalue weighted by atomic mass is 32.2. The lowest BCUT2D eigenvalue weighted by Crippen LogP contribution is -2.54. The topological polar surface area (TPSA) is 79.3 Å².